The number of nitrogens with one attached hydrogen (secondary N) is 3. The fourth-order valence-corrected chi connectivity index (χ4v) is 2.32. The van der Waals surface area contributed by atoms with E-state index in [1.807, 2.05) is 0 Å². The highest BCUT2D eigenvalue weighted by Gasteiger charge is 2.50. The molecule has 0 bridgehead atoms. The predicted octanol–water partition coefficient (Wildman–Crippen LogP) is -2.03. The third kappa shape index (κ3) is 1.32. The molecular formula is C9H14N6O. The van der Waals surface area contributed by atoms with Gasteiger partial charge in [-0.05, 0) is 18.8 Å². The molecule has 3 aliphatic rings. The third-order valence-corrected chi connectivity index (χ3v) is 3.43. The first-order valence-electron chi connectivity index (χ1n) is 5.48. The average Bonchev–Trinajstić information content (AvgIpc) is 3.03. The molecule has 7 heteroatoms. The maximum absolute atomic E-state index is 12.1. The van der Waals surface area contributed by atoms with Gasteiger partial charge < -0.3 is 5.73 Å². The van der Waals surface area contributed by atoms with E-state index in [0.717, 1.165) is 12.8 Å². The van der Waals surface area contributed by atoms with Crippen LogP contribution in [-0.4, -0.2) is 29.3 Å². The minimum atomic E-state index is -0.494. The largest absolute Gasteiger partial charge is 0.313 e. The van der Waals surface area contributed by atoms with Crippen LogP contribution >= 0.6 is 0 Å². The van der Waals surface area contributed by atoms with Crippen LogP contribution in [0.4, 0.5) is 0 Å². The molecule has 1 saturated carbocycles. The van der Waals surface area contributed by atoms with Gasteiger partial charge in [-0.25, -0.2) is 16.3 Å². The lowest BCUT2D eigenvalue weighted by Crippen LogP contribution is -2.68. The molecule has 0 aromatic rings. The molecule has 2 aliphatic heterocycles. The van der Waals surface area contributed by atoms with Crippen molar-refractivity contribution in [2.24, 2.45) is 17.6 Å². The molecule has 16 heavy (non-hydrogen) atoms. The molecule has 0 aromatic heterocycles. The monoisotopic (exact) mass is 222 g/mol. The Labute approximate surface area is 92.9 Å². The Bertz CT molecular complexity index is 362. The second-order valence-corrected chi connectivity index (χ2v) is 4.57. The van der Waals surface area contributed by atoms with Crippen molar-refractivity contribution in [2.45, 2.75) is 31.2 Å². The molecule has 3 fully saturated rings. The summed E-state index contributed by atoms with van der Waals surface area (Å²) in [4.78, 5) is 12.1. The van der Waals surface area contributed by atoms with Crippen LogP contribution in [0.1, 0.15) is 12.8 Å². The minimum Gasteiger partial charge on any atom is -0.313 e. The SMILES string of the molecule is N#CC1C(N)NN2C(=O)C(C3CC3)NNC12. The van der Waals surface area contributed by atoms with Crippen LogP contribution in [0.15, 0.2) is 0 Å². The number of amides is 1. The van der Waals surface area contributed by atoms with Crippen molar-refractivity contribution in [3.63, 3.8) is 0 Å². The highest BCUT2D eigenvalue weighted by atomic mass is 16.2. The zero-order chi connectivity index (χ0) is 11.3. The summed E-state index contributed by atoms with van der Waals surface area (Å²) in [5.41, 5.74) is 14.6. The number of hydrazine groups is 2. The molecule has 0 radical (unpaired) electrons. The van der Waals surface area contributed by atoms with E-state index in [4.69, 9.17) is 11.0 Å². The van der Waals surface area contributed by atoms with Crippen LogP contribution in [0.2, 0.25) is 0 Å². The zero-order valence-electron chi connectivity index (χ0n) is 8.68. The van der Waals surface area contributed by atoms with Gasteiger partial charge in [-0.3, -0.25) is 9.80 Å². The van der Waals surface area contributed by atoms with E-state index >= 15 is 0 Å². The Morgan fingerprint density at radius 3 is 2.81 bits per heavy atom. The summed E-state index contributed by atoms with van der Waals surface area (Å²) in [6, 6.07) is 1.92. The summed E-state index contributed by atoms with van der Waals surface area (Å²) in [5.74, 6) is -0.0313. The number of hydrogen-bond donors (Lipinski definition) is 4. The Morgan fingerprint density at radius 2 is 2.19 bits per heavy atom. The van der Waals surface area contributed by atoms with Crippen molar-refractivity contribution in [1.82, 2.24) is 21.3 Å². The highest BCUT2D eigenvalue weighted by molar-refractivity contribution is 5.83. The van der Waals surface area contributed by atoms with E-state index in [1.54, 1.807) is 0 Å². The van der Waals surface area contributed by atoms with E-state index in [9.17, 15) is 4.79 Å². The van der Waals surface area contributed by atoms with Gasteiger partial charge in [0.1, 0.15) is 18.1 Å². The Balaban J connectivity index is 1.80. The minimum absolute atomic E-state index is 0.0144. The lowest BCUT2D eigenvalue weighted by Gasteiger charge is -2.36. The van der Waals surface area contributed by atoms with Crippen molar-refractivity contribution >= 4 is 5.91 Å². The lowest BCUT2D eigenvalue weighted by molar-refractivity contribution is -0.144. The maximum atomic E-state index is 12.1. The Hall–Kier alpha value is -1.20. The molecule has 7 nitrogen and oxygen atoms in total. The van der Waals surface area contributed by atoms with E-state index in [-0.39, 0.29) is 18.1 Å². The normalized spacial score (nSPS) is 43.0. The molecule has 2 heterocycles. The second-order valence-electron chi connectivity index (χ2n) is 4.57. The van der Waals surface area contributed by atoms with Crippen LogP contribution in [0.3, 0.4) is 0 Å². The smallest absolute Gasteiger partial charge is 0.257 e. The van der Waals surface area contributed by atoms with Crippen LogP contribution in [-0.2, 0) is 4.79 Å². The summed E-state index contributed by atoms with van der Waals surface area (Å²) in [6.07, 6.45) is 1.29. The van der Waals surface area contributed by atoms with Gasteiger partial charge in [-0.15, -0.1) is 0 Å². The number of carbonyl (C=O) groups is 1. The summed E-state index contributed by atoms with van der Waals surface area (Å²) in [6.45, 7) is 0. The Kier molecular flexibility index (Phi) is 2.12. The molecule has 1 amide bonds. The number of nitrogens with zero attached hydrogens (tertiary/aromatic N) is 2. The molecule has 0 aromatic carbocycles. The zero-order valence-corrected chi connectivity index (χ0v) is 8.68. The first kappa shape index (κ1) is 9.99. The Morgan fingerprint density at radius 1 is 1.44 bits per heavy atom. The van der Waals surface area contributed by atoms with Gasteiger partial charge in [0.15, 0.2) is 0 Å². The van der Waals surface area contributed by atoms with Gasteiger partial charge in [0.05, 0.1) is 12.2 Å². The molecule has 1 aliphatic carbocycles. The molecule has 4 atom stereocenters. The maximum Gasteiger partial charge on any atom is 0.257 e. The van der Waals surface area contributed by atoms with Crippen molar-refractivity contribution in [1.29, 1.82) is 5.26 Å². The summed E-state index contributed by atoms with van der Waals surface area (Å²) in [7, 11) is 0. The molecule has 5 N–H and O–H groups in total. The number of rotatable bonds is 1. The van der Waals surface area contributed by atoms with Gasteiger partial charge in [-0.1, -0.05) is 0 Å². The van der Waals surface area contributed by atoms with Crippen LogP contribution in [0.5, 0.6) is 0 Å². The average molecular weight is 222 g/mol. The van der Waals surface area contributed by atoms with Crippen molar-refractivity contribution < 1.29 is 4.79 Å². The summed E-state index contributed by atoms with van der Waals surface area (Å²) in [5, 5.41) is 10.4. The third-order valence-electron chi connectivity index (χ3n) is 3.43. The van der Waals surface area contributed by atoms with Crippen LogP contribution in [0, 0.1) is 23.2 Å². The van der Waals surface area contributed by atoms with Crippen LogP contribution in [0.25, 0.3) is 0 Å². The van der Waals surface area contributed by atoms with Crippen molar-refractivity contribution in [3.05, 3.63) is 0 Å². The molecule has 0 spiro atoms. The fourth-order valence-electron chi connectivity index (χ4n) is 2.32. The molecule has 3 rings (SSSR count). The number of nitrogens with two attached hydrogens (primary N) is 1. The van der Waals surface area contributed by atoms with Gasteiger partial charge in [-0.2, -0.15) is 5.26 Å². The lowest BCUT2D eigenvalue weighted by atomic mass is 10.1. The molecule has 86 valence electrons. The van der Waals surface area contributed by atoms with Crippen LogP contribution < -0.4 is 22.0 Å². The first-order chi connectivity index (χ1) is 7.72. The van der Waals surface area contributed by atoms with Gasteiger partial charge in [0.2, 0.25) is 0 Å². The molecule has 4 unspecified atom stereocenters. The van der Waals surface area contributed by atoms with Crippen molar-refractivity contribution in [3.8, 4) is 6.07 Å². The van der Waals surface area contributed by atoms with Gasteiger partial charge in [0, 0.05) is 0 Å². The second kappa shape index (κ2) is 3.40. The van der Waals surface area contributed by atoms with E-state index < -0.39 is 12.1 Å². The number of nitriles is 1. The van der Waals surface area contributed by atoms with Crippen molar-refractivity contribution in [2.75, 3.05) is 0 Å². The first-order valence-corrected chi connectivity index (χ1v) is 5.48. The number of hydrogen-bond acceptors (Lipinski definition) is 6. The van der Waals surface area contributed by atoms with E-state index in [0.29, 0.717) is 5.92 Å². The van der Waals surface area contributed by atoms with Gasteiger partial charge >= 0.3 is 0 Å². The van der Waals surface area contributed by atoms with E-state index in [2.05, 4.69) is 22.3 Å². The quantitative estimate of drug-likeness (QED) is 0.408. The number of fused-ring (bicyclic) bond motifs is 1. The predicted molar refractivity (Wildman–Crippen MR) is 53.6 cm³/mol. The fraction of sp³-hybridized carbons (Fsp3) is 0.778. The van der Waals surface area contributed by atoms with Gasteiger partial charge in [0.25, 0.3) is 5.91 Å². The summed E-state index contributed by atoms with van der Waals surface area (Å²) < 4.78 is 0. The summed E-state index contributed by atoms with van der Waals surface area (Å²) >= 11 is 0. The standard InChI is InChI=1S/C9H14N6O/c10-3-5-7(11)14-15-8(5)13-12-6(9(15)16)4-1-2-4/h4-8,12-14H,1-2,11H2. The number of carbonyl (C=O) groups excluding carboxylic acids is 1. The highest BCUT2D eigenvalue weighted by Crippen LogP contribution is 2.35. The topological polar surface area (TPSA) is 106 Å². The van der Waals surface area contributed by atoms with E-state index in [1.165, 1.54) is 5.01 Å². The molecular weight excluding hydrogens is 208 g/mol. The molecule has 2 saturated heterocycles.